The number of benzene rings is 2. The van der Waals surface area contributed by atoms with Crippen molar-refractivity contribution in [1.82, 2.24) is 9.21 Å². The molecule has 0 amide bonds. The summed E-state index contributed by atoms with van der Waals surface area (Å²) in [5, 5.41) is 3.37. The number of nitrogens with zero attached hydrogens (tertiary/aromatic N) is 2. The highest BCUT2D eigenvalue weighted by Crippen LogP contribution is 2.27. The first-order valence-electron chi connectivity index (χ1n) is 8.58. The molecule has 2 aromatic carbocycles. The van der Waals surface area contributed by atoms with Crippen molar-refractivity contribution < 1.29 is 17.2 Å². The van der Waals surface area contributed by atoms with Crippen molar-refractivity contribution in [2.45, 2.75) is 11.4 Å². The van der Waals surface area contributed by atoms with Crippen LogP contribution in [-0.2, 0) is 16.6 Å². The molecule has 0 spiro atoms. The summed E-state index contributed by atoms with van der Waals surface area (Å²) in [4.78, 5) is 1.72. The van der Waals surface area contributed by atoms with Crippen molar-refractivity contribution in [2.24, 2.45) is 0 Å². The third kappa shape index (κ3) is 3.62. The lowest BCUT2D eigenvalue weighted by atomic mass is 10.1. The lowest BCUT2D eigenvalue weighted by Crippen LogP contribution is -2.48. The van der Waals surface area contributed by atoms with Gasteiger partial charge in [-0.05, 0) is 34.5 Å². The molecule has 3 aromatic rings. The molecule has 1 fully saturated rings. The van der Waals surface area contributed by atoms with Gasteiger partial charge in [-0.15, -0.1) is 11.3 Å². The highest BCUT2D eigenvalue weighted by molar-refractivity contribution is 7.89. The van der Waals surface area contributed by atoms with Gasteiger partial charge in [0.2, 0.25) is 10.0 Å². The van der Waals surface area contributed by atoms with Crippen LogP contribution in [0.5, 0.6) is 0 Å². The summed E-state index contributed by atoms with van der Waals surface area (Å²) in [7, 11) is -3.96. The normalized spacial score (nSPS) is 16.8. The lowest BCUT2D eigenvalue weighted by Gasteiger charge is -2.34. The molecule has 1 saturated heterocycles. The zero-order chi connectivity index (χ0) is 19.0. The van der Waals surface area contributed by atoms with E-state index in [2.05, 4.69) is 22.4 Å². The molecule has 0 N–H and O–H groups in total. The molecule has 0 bridgehead atoms. The van der Waals surface area contributed by atoms with Crippen LogP contribution in [0, 0.1) is 11.6 Å². The number of thiophene rings is 1. The Kier molecular flexibility index (Phi) is 4.98. The van der Waals surface area contributed by atoms with E-state index in [4.69, 9.17) is 0 Å². The van der Waals surface area contributed by atoms with E-state index in [1.807, 2.05) is 12.1 Å². The Morgan fingerprint density at radius 3 is 2.48 bits per heavy atom. The second-order valence-electron chi connectivity index (χ2n) is 6.51. The monoisotopic (exact) mass is 408 g/mol. The van der Waals surface area contributed by atoms with E-state index in [9.17, 15) is 17.2 Å². The maximum Gasteiger partial charge on any atom is 0.246 e. The first-order chi connectivity index (χ1) is 12.9. The quantitative estimate of drug-likeness (QED) is 0.661. The van der Waals surface area contributed by atoms with Crippen molar-refractivity contribution in [3.63, 3.8) is 0 Å². The Labute approximate surface area is 160 Å². The van der Waals surface area contributed by atoms with E-state index >= 15 is 0 Å². The highest BCUT2D eigenvalue weighted by Gasteiger charge is 2.30. The standard InChI is InChI=1S/C19H18F2N2O2S2/c20-15-5-6-19(17(21)11-15)27(24,25)23-9-7-22(8-10-23)12-14-13-26-18-4-2-1-3-16(14)18/h1-6,11,13H,7-10,12H2. The van der Waals surface area contributed by atoms with Gasteiger partial charge in [-0.25, -0.2) is 17.2 Å². The van der Waals surface area contributed by atoms with E-state index in [0.717, 1.165) is 18.7 Å². The molecule has 4 nitrogen and oxygen atoms in total. The van der Waals surface area contributed by atoms with Crippen LogP contribution in [0.15, 0.2) is 52.7 Å². The average Bonchev–Trinajstić information content (AvgIpc) is 3.05. The topological polar surface area (TPSA) is 40.6 Å². The minimum Gasteiger partial charge on any atom is -0.296 e. The summed E-state index contributed by atoms with van der Waals surface area (Å²) in [6, 6.07) is 10.8. The number of rotatable bonds is 4. The molecule has 0 atom stereocenters. The second kappa shape index (κ2) is 7.27. The summed E-state index contributed by atoms with van der Waals surface area (Å²) >= 11 is 1.70. The highest BCUT2D eigenvalue weighted by atomic mass is 32.2. The zero-order valence-corrected chi connectivity index (χ0v) is 16.1. The van der Waals surface area contributed by atoms with Crippen LogP contribution in [0.25, 0.3) is 10.1 Å². The maximum absolute atomic E-state index is 13.9. The Morgan fingerprint density at radius 2 is 1.74 bits per heavy atom. The largest absolute Gasteiger partial charge is 0.296 e. The van der Waals surface area contributed by atoms with Crippen molar-refractivity contribution in [1.29, 1.82) is 0 Å². The van der Waals surface area contributed by atoms with Crippen LogP contribution in [0.1, 0.15) is 5.56 Å². The van der Waals surface area contributed by atoms with E-state index in [1.165, 1.54) is 20.0 Å². The molecule has 0 radical (unpaired) electrons. The predicted molar refractivity (Wildman–Crippen MR) is 102 cm³/mol. The first-order valence-corrected chi connectivity index (χ1v) is 10.9. The lowest BCUT2D eigenvalue weighted by molar-refractivity contribution is 0.182. The van der Waals surface area contributed by atoms with Crippen LogP contribution in [0.2, 0.25) is 0 Å². The minimum absolute atomic E-state index is 0.279. The summed E-state index contributed by atoms with van der Waals surface area (Å²) < 4.78 is 54.8. The zero-order valence-electron chi connectivity index (χ0n) is 14.4. The van der Waals surface area contributed by atoms with E-state index in [1.54, 1.807) is 11.3 Å². The molecule has 0 saturated carbocycles. The van der Waals surface area contributed by atoms with Crippen LogP contribution in [0.4, 0.5) is 8.78 Å². The van der Waals surface area contributed by atoms with Gasteiger partial charge in [-0.3, -0.25) is 4.90 Å². The SMILES string of the molecule is O=S(=O)(c1ccc(F)cc1F)N1CCN(Cc2csc3ccccc23)CC1. The van der Waals surface area contributed by atoms with Crippen LogP contribution >= 0.6 is 11.3 Å². The number of hydrogen-bond acceptors (Lipinski definition) is 4. The van der Waals surface area contributed by atoms with Gasteiger partial charge in [0.05, 0.1) is 0 Å². The van der Waals surface area contributed by atoms with E-state index in [-0.39, 0.29) is 13.1 Å². The van der Waals surface area contributed by atoms with Crippen LogP contribution in [0.3, 0.4) is 0 Å². The molecular weight excluding hydrogens is 390 g/mol. The van der Waals surface area contributed by atoms with Gasteiger partial charge < -0.3 is 0 Å². The van der Waals surface area contributed by atoms with Crippen molar-refractivity contribution in [3.8, 4) is 0 Å². The van der Waals surface area contributed by atoms with Crippen molar-refractivity contribution in [2.75, 3.05) is 26.2 Å². The van der Waals surface area contributed by atoms with Gasteiger partial charge >= 0.3 is 0 Å². The Balaban J connectivity index is 1.45. The minimum atomic E-state index is -3.96. The van der Waals surface area contributed by atoms with Gasteiger partial charge in [0.25, 0.3) is 0 Å². The molecule has 0 unspecified atom stereocenters. The molecule has 8 heteroatoms. The van der Waals surface area contributed by atoms with Gasteiger partial charge in [-0.1, -0.05) is 18.2 Å². The second-order valence-corrected chi connectivity index (χ2v) is 9.33. The molecule has 2 heterocycles. The predicted octanol–water partition coefficient (Wildman–Crippen LogP) is 3.69. The summed E-state index contributed by atoms with van der Waals surface area (Å²) in [6.45, 7) is 2.43. The third-order valence-corrected chi connectivity index (χ3v) is 7.74. The van der Waals surface area contributed by atoms with E-state index < -0.39 is 26.6 Å². The molecular formula is C19H18F2N2O2S2. The van der Waals surface area contributed by atoms with Crippen LogP contribution < -0.4 is 0 Å². The van der Waals surface area contributed by atoms with E-state index in [0.29, 0.717) is 19.2 Å². The Bertz CT molecular complexity index is 1070. The van der Waals surface area contributed by atoms with Crippen molar-refractivity contribution in [3.05, 3.63) is 65.0 Å². The van der Waals surface area contributed by atoms with Gasteiger partial charge in [0.15, 0.2) is 0 Å². The number of hydrogen-bond donors (Lipinski definition) is 0. The number of sulfonamides is 1. The fraction of sp³-hybridized carbons (Fsp3) is 0.263. The smallest absolute Gasteiger partial charge is 0.246 e. The fourth-order valence-electron chi connectivity index (χ4n) is 3.35. The summed E-state index contributed by atoms with van der Waals surface area (Å²) in [5.74, 6) is -1.85. The Hall–Kier alpha value is -1.87. The van der Waals surface area contributed by atoms with Gasteiger partial charge in [0.1, 0.15) is 16.5 Å². The Morgan fingerprint density at radius 1 is 1.00 bits per heavy atom. The molecule has 4 rings (SSSR count). The number of piperazine rings is 1. The summed E-state index contributed by atoms with van der Waals surface area (Å²) in [6.07, 6.45) is 0. The molecule has 142 valence electrons. The molecule has 0 aliphatic carbocycles. The van der Waals surface area contributed by atoms with Crippen LogP contribution in [-0.4, -0.2) is 43.8 Å². The molecule has 1 aromatic heterocycles. The molecule has 1 aliphatic heterocycles. The third-order valence-electron chi connectivity index (χ3n) is 4.80. The molecule has 1 aliphatic rings. The van der Waals surface area contributed by atoms with Gasteiger partial charge in [-0.2, -0.15) is 4.31 Å². The summed E-state index contributed by atoms with van der Waals surface area (Å²) in [5.41, 5.74) is 1.23. The number of halogens is 2. The first kappa shape index (κ1) is 18.5. The average molecular weight is 408 g/mol. The number of fused-ring (bicyclic) bond motifs is 1. The van der Waals surface area contributed by atoms with Gasteiger partial charge in [0, 0.05) is 43.5 Å². The maximum atomic E-state index is 13.9. The van der Waals surface area contributed by atoms with Crippen molar-refractivity contribution >= 4 is 31.4 Å². The fourth-order valence-corrected chi connectivity index (χ4v) is 5.77. The molecule has 27 heavy (non-hydrogen) atoms.